The second-order valence-electron chi connectivity index (χ2n) is 4.68. The van der Waals surface area contributed by atoms with Gasteiger partial charge in [-0.1, -0.05) is 11.3 Å². The van der Waals surface area contributed by atoms with E-state index in [2.05, 4.69) is 27.6 Å². The Labute approximate surface area is 137 Å². The summed E-state index contributed by atoms with van der Waals surface area (Å²) >= 11 is 5.58. The minimum Gasteiger partial charge on any atom is -0.300 e. The summed E-state index contributed by atoms with van der Waals surface area (Å²) in [6.45, 7) is 0. The third kappa shape index (κ3) is 2.95. The van der Waals surface area contributed by atoms with Gasteiger partial charge >= 0.3 is 0 Å². The molecule has 3 aromatic rings. The molecule has 7 heteroatoms. The minimum atomic E-state index is -0.00107. The molecule has 1 amide bonds. The van der Waals surface area contributed by atoms with Crippen LogP contribution >= 0.6 is 24.0 Å². The Balaban J connectivity index is 1.95. The lowest BCUT2D eigenvalue weighted by atomic mass is 10.3. The van der Waals surface area contributed by atoms with Crippen LogP contribution in [0.4, 0.5) is 5.82 Å². The van der Waals surface area contributed by atoms with Crippen LogP contribution < -0.4 is 4.90 Å². The number of hydrogen-bond acceptors (Lipinski definition) is 6. The minimum absolute atomic E-state index is 0.00107. The van der Waals surface area contributed by atoms with Crippen molar-refractivity contribution in [3.63, 3.8) is 0 Å². The van der Waals surface area contributed by atoms with Crippen molar-refractivity contribution >= 4 is 46.0 Å². The Kier molecular flexibility index (Phi) is 4.35. The number of rotatable bonds is 4. The molecule has 0 N–H and O–H groups in total. The third-order valence-corrected chi connectivity index (χ3v) is 4.43. The lowest BCUT2D eigenvalue weighted by Gasteiger charge is -2.15. The zero-order valence-corrected chi connectivity index (χ0v) is 13.6. The van der Waals surface area contributed by atoms with Gasteiger partial charge in [-0.2, -0.15) is 12.6 Å². The van der Waals surface area contributed by atoms with Crippen molar-refractivity contribution in [2.45, 2.75) is 6.42 Å². The van der Waals surface area contributed by atoms with E-state index in [1.165, 1.54) is 11.3 Å². The standard InChI is InChI=1S/C15H14N4OS2/c1-19(13(20)6-8-21)12-5-4-11-15(18-12)22-14(17-11)10-3-2-7-16-9-10/h2-5,7,9,21H,6,8H2,1H3. The number of fused-ring (bicyclic) bond motifs is 1. The molecular weight excluding hydrogens is 316 g/mol. The maximum atomic E-state index is 11.9. The Hall–Kier alpha value is -1.99. The number of pyridine rings is 2. The van der Waals surface area contributed by atoms with Gasteiger partial charge in [-0.05, 0) is 30.0 Å². The van der Waals surface area contributed by atoms with E-state index in [9.17, 15) is 4.79 Å². The van der Waals surface area contributed by atoms with Crippen LogP contribution in [0.1, 0.15) is 6.42 Å². The average Bonchev–Trinajstić information content (AvgIpc) is 2.98. The predicted molar refractivity (Wildman–Crippen MR) is 92.5 cm³/mol. The average molecular weight is 330 g/mol. The van der Waals surface area contributed by atoms with E-state index >= 15 is 0 Å². The van der Waals surface area contributed by atoms with E-state index in [4.69, 9.17) is 0 Å². The monoisotopic (exact) mass is 330 g/mol. The summed E-state index contributed by atoms with van der Waals surface area (Å²) in [7, 11) is 1.73. The molecule has 0 saturated heterocycles. The van der Waals surface area contributed by atoms with Gasteiger partial charge in [-0.25, -0.2) is 9.97 Å². The van der Waals surface area contributed by atoms with Gasteiger partial charge in [0.25, 0.3) is 0 Å². The van der Waals surface area contributed by atoms with E-state index < -0.39 is 0 Å². The Bertz CT molecular complexity index is 804. The SMILES string of the molecule is CN(C(=O)CCS)c1ccc2nc(-c3cccnc3)sc2n1. The van der Waals surface area contributed by atoms with Crippen LogP contribution in [0, 0.1) is 0 Å². The van der Waals surface area contributed by atoms with E-state index in [0.717, 1.165) is 20.9 Å². The first-order valence-corrected chi connectivity index (χ1v) is 8.19. The lowest BCUT2D eigenvalue weighted by Crippen LogP contribution is -2.27. The van der Waals surface area contributed by atoms with E-state index in [1.54, 1.807) is 24.3 Å². The van der Waals surface area contributed by atoms with Crippen LogP contribution in [0.3, 0.4) is 0 Å². The van der Waals surface area contributed by atoms with Crippen molar-refractivity contribution < 1.29 is 4.79 Å². The summed E-state index contributed by atoms with van der Waals surface area (Å²) in [5, 5.41) is 0.872. The Morgan fingerprint density at radius 1 is 1.32 bits per heavy atom. The number of aromatic nitrogens is 3. The highest BCUT2D eigenvalue weighted by Gasteiger charge is 2.14. The summed E-state index contributed by atoms with van der Waals surface area (Å²) in [5.41, 5.74) is 1.79. The molecule has 3 heterocycles. The zero-order valence-electron chi connectivity index (χ0n) is 11.9. The number of amides is 1. The van der Waals surface area contributed by atoms with Crippen molar-refractivity contribution in [1.82, 2.24) is 15.0 Å². The fourth-order valence-electron chi connectivity index (χ4n) is 2.00. The molecule has 0 atom stereocenters. The summed E-state index contributed by atoms with van der Waals surface area (Å²) in [5.74, 6) is 1.15. The highest BCUT2D eigenvalue weighted by atomic mass is 32.1. The molecule has 0 spiro atoms. The van der Waals surface area contributed by atoms with Crippen LogP contribution in [0.25, 0.3) is 20.9 Å². The lowest BCUT2D eigenvalue weighted by molar-refractivity contribution is -0.117. The Morgan fingerprint density at radius 3 is 2.91 bits per heavy atom. The second kappa shape index (κ2) is 6.41. The van der Waals surface area contributed by atoms with Gasteiger partial charge in [-0.15, -0.1) is 0 Å². The third-order valence-electron chi connectivity index (χ3n) is 3.19. The van der Waals surface area contributed by atoms with Crippen molar-refractivity contribution in [3.8, 4) is 10.6 Å². The highest BCUT2D eigenvalue weighted by molar-refractivity contribution is 7.80. The zero-order chi connectivity index (χ0) is 15.5. The molecule has 0 aliphatic rings. The van der Waals surface area contributed by atoms with Gasteiger partial charge < -0.3 is 0 Å². The molecule has 0 aliphatic carbocycles. The van der Waals surface area contributed by atoms with Gasteiger partial charge in [-0.3, -0.25) is 14.7 Å². The topological polar surface area (TPSA) is 59.0 Å². The van der Waals surface area contributed by atoms with Gasteiger partial charge in [0, 0.05) is 31.4 Å². The van der Waals surface area contributed by atoms with Crippen LogP contribution in [0.2, 0.25) is 0 Å². The number of nitrogens with zero attached hydrogens (tertiary/aromatic N) is 4. The summed E-state index contributed by atoms with van der Waals surface area (Å²) < 4.78 is 0. The number of carbonyl (C=O) groups excluding carboxylic acids is 1. The smallest absolute Gasteiger partial charge is 0.228 e. The molecule has 0 aromatic carbocycles. The van der Waals surface area contributed by atoms with Gasteiger partial charge in [0.05, 0.1) is 0 Å². The van der Waals surface area contributed by atoms with Crippen molar-refractivity contribution in [2.75, 3.05) is 17.7 Å². The van der Waals surface area contributed by atoms with Crippen molar-refractivity contribution in [1.29, 1.82) is 0 Å². The summed E-state index contributed by atoms with van der Waals surface area (Å²) in [6, 6.07) is 7.54. The molecule has 0 aliphatic heterocycles. The number of carbonyl (C=O) groups is 1. The normalized spacial score (nSPS) is 10.8. The van der Waals surface area contributed by atoms with Gasteiger partial charge in [0.1, 0.15) is 21.2 Å². The number of anilines is 1. The number of thiazole rings is 1. The first-order chi connectivity index (χ1) is 10.7. The van der Waals surface area contributed by atoms with Crippen LogP contribution in [0.5, 0.6) is 0 Å². The molecule has 3 aromatic heterocycles. The highest BCUT2D eigenvalue weighted by Crippen LogP contribution is 2.29. The van der Waals surface area contributed by atoms with Crippen LogP contribution in [-0.2, 0) is 4.79 Å². The summed E-state index contributed by atoms with van der Waals surface area (Å²) in [6.07, 6.45) is 3.90. The first kappa shape index (κ1) is 14.9. The van der Waals surface area contributed by atoms with E-state index in [-0.39, 0.29) is 5.91 Å². The van der Waals surface area contributed by atoms with Gasteiger partial charge in [0.2, 0.25) is 5.91 Å². The first-order valence-electron chi connectivity index (χ1n) is 6.74. The number of thiol groups is 1. The molecule has 5 nitrogen and oxygen atoms in total. The molecule has 0 bridgehead atoms. The van der Waals surface area contributed by atoms with Crippen LogP contribution in [-0.4, -0.2) is 33.7 Å². The van der Waals surface area contributed by atoms with Gasteiger partial charge in [0.15, 0.2) is 0 Å². The van der Waals surface area contributed by atoms with Crippen LogP contribution in [0.15, 0.2) is 36.7 Å². The quantitative estimate of drug-likeness (QED) is 0.747. The predicted octanol–water partition coefficient (Wildman–Crippen LogP) is 3.04. The maximum Gasteiger partial charge on any atom is 0.228 e. The molecule has 0 fully saturated rings. The molecule has 0 unspecified atom stereocenters. The molecule has 112 valence electrons. The Morgan fingerprint density at radius 2 is 2.18 bits per heavy atom. The maximum absolute atomic E-state index is 11.9. The summed E-state index contributed by atoms with van der Waals surface area (Å²) in [4.78, 5) is 27.5. The second-order valence-corrected chi connectivity index (χ2v) is 6.11. The number of hydrogen-bond donors (Lipinski definition) is 1. The fraction of sp³-hybridized carbons (Fsp3) is 0.200. The largest absolute Gasteiger partial charge is 0.300 e. The molecule has 0 saturated carbocycles. The molecular formula is C15H14N4OS2. The molecule has 22 heavy (non-hydrogen) atoms. The molecule has 0 radical (unpaired) electrons. The van der Waals surface area contributed by atoms with E-state index in [0.29, 0.717) is 18.0 Å². The fourth-order valence-corrected chi connectivity index (χ4v) is 3.11. The van der Waals surface area contributed by atoms with Crippen molar-refractivity contribution in [2.24, 2.45) is 0 Å². The van der Waals surface area contributed by atoms with Crippen molar-refractivity contribution in [3.05, 3.63) is 36.7 Å². The molecule has 3 rings (SSSR count). The van der Waals surface area contributed by atoms with E-state index in [1.807, 2.05) is 24.3 Å².